The van der Waals surface area contributed by atoms with E-state index in [1.165, 1.54) is 7.11 Å². The standard InChI is InChI=1S/C19H32ClNO5/c1-3-4-11-21-19(24)26-13-15-14(16(20)12-17(15)22)9-7-5-6-8-10-18(23)25-2/h5,7,14-17,22H,3-4,6,8-13H2,1-2H3,(H,21,24)/b7-5-/t14-,15-,16-,17-/m1/s1. The number of esters is 1. The second kappa shape index (κ2) is 13.0. The molecule has 0 heterocycles. The molecule has 0 aromatic heterocycles. The molecule has 0 bridgehead atoms. The number of carbonyl (C=O) groups excluding carboxylic acids is 2. The fourth-order valence-corrected chi connectivity index (χ4v) is 3.59. The predicted molar refractivity (Wildman–Crippen MR) is 101 cm³/mol. The Bertz CT molecular complexity index is 457. The third kappa shape index (κ3) is 8.41. The fraction of sp³-hybridized carbons (Fsp3) is 0.789. The van der Waals surface area contributed by atoms with Gasteiger partial charge in [0, 0.05) is 24.3 Å². The molecular weight excluding hydrogens is 358 g/mol. The summed E-state index contributed by atoms with van der Waals surface area (Å²) in [7, 11) is 1.39. The molecule has 0 aliphatic heterocycles. The molecule has 6 nitrogen and oxygen atoms in total. The van der Waals surface area contributed by atoms with Gasteiger partial charge in [0.25, 0.3) is 0 Å². The van der Waals surface area contributed by atoms with E-state index in [-0.39, 0.29) is 29.8 Å². The minimum atomic E-state index is -0.557. The summed E-state index contributed by atoms with van der Waals surface area (Å²) in [4.78, 5) is 22.7. The van der Waals surface area contributed by atoms with Gasteiger partial charge in [-0.05, 0) is 38.0 Å². The molecule has 4 atom stereocenters. The van der Waals surface area contributed by atoms with Crippen LogP contribution in [0.4, 0.5) is 4.79 Å². The minimum absolute atomic E-state index is 0.0620. The van der Waals surface area contributed by atoms with E-state index in [0.717, 1.165) is 32.1 Å². The predicted octanol–water partition coefficient (Wildman–Crippen LogP) is 3.41. The molecule has 1 aliphatic carbocycles. The summed E-state index contributed by atoms with van der Waals surface area (Å²) in [6.45, 7) is 2.82. The zero-order chi connectivity index (χ0) is 19.4. The van der Waals surface area contributed by atoms with Gasteiger partial charge in [-0.3, -0.25) is 4.79 Å². The number of aliphatic hydroxyl groups is 1. The smallest absolute Gasteiger partial charge is 0.407 e. The van der Waals surface area contributed by atoms with Crippen molar-refractivity contribution in [3.8, 4) is 0 Å². The monoisotopic (exact) mass is 389 g/mol. The Kier molecular flexibility index (Phi) is 11.4. The molecule has 1 aliphatic rings. The maximum atomic E-state index is 11.7. The third-order valence-corrected chi connectivity index (χ3v) is 5.24. The van der Waals surface area contributed by atoms with Gasteiger partial charge in [0.05, 0.1) is 19.8 Å². The summed E-state index contributed by atoms with van der Waals surface area (Å²) < 4.78 is 9.86. The topological polar surface area (TPSA) is 84.9 Å². The summed E-state index contributed by atoms with van der Waals surface area (Å²) in [5.41, 5.74) is 0. The Morgan fingerprint density at radius 2 is 2.04 bits per heavy atom. The lowest BCUT2D eigenvalue weighted by atomic mass is 9.92. The summed E-state index contributed by atoms with van der Waals surface area (Å²) in [5, 5.41) is 12.8. The molecule has 0 aromatic carbocycles. The van der Waals surface area contributed by atoms with Crippen molar-refractivity contribution in [3.05, 3.63) is 12.2 Å². The molecule has 7 heteroatoms. The van der Waals surface area contributed by atoms with E-state index < -0.39 is 12.2 Å². The number of aliphatic hydroxyl groups excluding tert-OH is 1. The average Bonchev–Trinajstić information content (AvgIpc) is 2.89. The highest BCUT2D eigenvalue weighted by Gasteiger charge is 2.41. The molecular formula is C19H32ClNO5. The molecule has 0 aromatic rings. The Morgan fingerprint density at radius 3 is 2.73 bits per heavy atom. The highest BCUT2D eigenvalue weighted by Crippen LogP contribution is 2.38. The zero-order valence-electron chi connectivity index (χ0n) is 15.8. The van der Waals surface area contributed by atoms with Gasteiger partial charge in [-0.25, -0.2) is 4.79 Å². The van der Waals surface area contributed by atoms with E-state index in [0.29, 0.717) is 19.4 Å². The zero-order valence-corrected chi connectivity index (χ0v) is 16.5. The van der Waals surface area contributed by atoms with Gasteiger partial charge < -0.3 is 19.9 Å². The lowest BCUT2D eigenvalue weighted by Gasteiger charge is -2.22. The molecule has 0 unspecified atom stereocenters. The number of hydrogen-bond acceptors (Lipinski definition) is 5. The van der Waals surface area contributed by atoms with E-state index in [1.807, 2.05) is 12.2 Å². The first kappa shape index (κ1) is 22.8. The molecule has 0 saturated heterocycles. The maximum absolute atomic E-state index is 11.7. The number of unbranched alkanes of at least 4 members (excludes halogenated alkanes) is 2. The first-order chi connectivity index (χ1) is 12.5. The number of alkyl halides is 1. The average molecular weight is 390 g/mol. The Balaban J connectivity index is 2.36. The second-order valence-corrected chi connectivity index (χ2v) is 7.26. The molecule has 2 N–H and O–H groups in total. The van der Waals surface area contributed by atoms with E-state index >= 15 is 0 Å². The van der Waals surface area contributed by atoms with Gasteiger partial charge in [-0.15, -0.1) is 11.6 Å². The molecule has 0 spiro atoms. The van der Waals surface area contributed by atoms with Crippen molar-refractivity contribution in [3.63, 3.8) is 0 Å². The van der Waals surface area contributed by atoms with E-state index in [4.69, 9.17) is 16.3 Å². The minimum Gasteiger partial charge on any atom is -0.469 e. The maximum Gasteiger partial charge on any atom is 0.407 e. The van der Waals surface area contributed by atoms with Crippen molar-refractivity contribution in [2.24, 2.45) is 11.8 Å². The van der Waals surface area contributed by atoms with Crippen molar-refractivity contribution in [2.45, 2.75) is 63.4 Å². The van der Waals surface area contributed by atoms with Crippen molar-refractivity contribution in [1.82, 2.24) is 5.32 Å². The lowest BCUT2D eigenvalue weighted by Crippen LogP contribution is -2.31. The van der Waals surface area contributed by atoms with Crippen LogP contribution in [0.5, 0.6) is 0 Å². The molecule has 26 heavy (non-hydrogen) atoms. The Hall–Kier alpha value is -1.27. The van der Waals surface area contributed by atoms with Gasteiger partial charge in [0.1, 0.15) is 0 Å². The van der Waals surface area contributed by atoms with Crippen molar-refractivity contribution in [1.29, 1.82) is 0 Å². The van der Waals surface area contributed by atoms with E-state index in [9.17, 15) is 14.7 Å². The SMILES string of the molecule is CCCCNC(=O)OC[C@@H]1[C@@H](C/C=C\CCCC(=O)OC)[C@H](Cl)C[C@H]1O. The number of carbonyl (C=O) groups is 2. The summed E-state index contributed by atoms with van der Waals surface area (Å²) >= 11 is 6.37. The molecule has 1 fully saturated rings. The normalized spacial score (nSPS) is 25.4. The first-order valence-electron chi connectivity index (χ1n) is 9.44. The number of halogens is 1. The molecule has 0 radical (unpaired) electrons. The Morgan fingerprint density at radius 1 is 1.27 bits per heavy atom. The van der Waals surface area contributed by atoms with Crippen molar-refractivity contribution in [2.75, 3.05) is 20.3 Å². The third-order valence-electron chi connectivity index (χ3n) is 4.74. The van der Waals surface area contributed by atoms with Crippen LogP contribution in [0, 0.1) is 11.8 Å². The van der Waals surface area contributed by atoms with Crippen LogP contribution in [-0.4, -0.2) is 48.9 Å². The highest BCUT2D eigenvalue weighted by atomic mass is 35.5. The van der Waals surface area contributed by atoms with Gasteiger partial charge >= 0.3 is 12.1 Å². The first-order valence-corrected chi connectivity index (χ1v) is 9.87. The summed E-state index contributed by atoms with van der Waals surface area (Å²) in [5.74, 6) is -0.298. The van der Waals surface area contributed by atoms with Crippen LogP contribution in [0.2, 0.25) is 0 Å². The van der Waals surface area contributed by atoms with Crippen LogP contribution in [0.15, 0.2) is 12.2 Å². The highest BCUT2D eigenvalue weighted by molar-refractivity contribution is 6.21. The number of hydrogen-bond donors (Lipinski definition) is 2. The lowest BCUT2D eigenvalue weighted by molar-refractivity contribution is -0.140. The van der Waals surface area contributed by atoms with Crippen LogP contribution in [0.3, 0.4) is 0 Å². The van der Waals surface area contributed by atoms with Crippen LogP contribution in [0.1, 0.15) is 51.9 Å². The quantitative estimate of drug-likeness (QED) is 0.245. The molecule has 150 valence electrons. The number of allylic oxidation sites excluding steroid dienone is 2. The van der Waals surface area contributed by atoms with Crippen LogP contribution >= 0.6 is 11.6 Å². The number of rotatable bonds is 11. The number of alkyl carbamates (subject to hydrolysis) is 1. The van der Waals surface area contributed by atoms with Crippen LogP contribution in [0.25, 0.3) is 0 Å². The van der Waals surface area contributed by atoms with Gasteiger partial charge in [0.2, 0.25) is 0 Å². The largest absolute Gasteiger partial charge is 0.469 e. The van der Waals surface area contributed by atoms with E-state index in [1.54, 1.807) is 0 Å². The molecule has 1 amide bonds. The fourth-order valence-electron chi connectivity index (χ4n) is 3.12. The number of nitrogens with one attached hydrogen (secondary N) is 1. The van der Waals surface area contributed by atoms with Gasteiger partial charge in [-0.2, -0.15) is 0 Å². The van der Waals surface area contributed by atoms with Crippen molar-refractivity contribution >= 4 is 23.7 Å². The van der Waals surface area contributed by atoms with Crippen molar-refractivity contribution < 1.29 is 24.2 Å². The van der Waals surface area contributed by atoms with Crippen LogP contribution in [-0.2, 0) is 14.3 Å². The molecule has 1 rings (SSSR count). The number of methoxy groups -OCH3 is 1. The second-order valence-electron chi connectivity index (χ2n) is 6.70. The molecule has 1 saturated carbocycles. The van der Waals surface area contributed by atoms with Gasteiger partial charge in [-0.1, -0.05) is 25.5 Å². The summed E-state index contributed by atoms with van der Waals surface area (Å²) in [6, 6.07) is 0. The Labute approximate surface area is 161 Å². The number of amides is 1. The van der Waals surface area contributed by atoms with Gasteiger partial charge in [0.15, 0.2) is 0 Å². The summed E-state index contributed by atoms with van der Waals surface area (Å²) in [6.07, 6.45) is 8.13. The van der Waals surface area contributed by atoms with Crippen LogP contribution < -0.4 is 5.32 Å². The number of ether oxygens (including phenoxy) is 2. The van der Waals surface area contributed by atoms with E-state index in [2.05, 4.69) is 17.0 Å².